The van der Waals surface area contributed by atoms with Gasteiger partial charge in [-0.15, -0.1) is 0 Å². The molecular formula is C54H61N3O14. The fourth-order valence-electron chi connectivity index (χ4n) is 11.6. The fourth-order valence-corrected chi connectivity index (χ4v) is 11.6. The van der Waals surface area contributed by atoms with Crippen LogP contribution in [-0.4, -0.2) is 156 Å². The molecule has 2 aliphatic carbocycles. The van der Waals surface area contributed by atoms with Crippen LogP contribution in [0.25, 0.3) is 11.1 Å². The summed E-state index contributed by atoms with van der Waals surface area (Å²) < 4.78 is 42.4. The Balaban J connectivity index is 0.871. The van der Waals surface area contributed by atoms with Crippen molar-refractivity contribution < 1.29 is 67.7 Å². The highest BCUT2D eigenvalue weighted by Gasteiger charge is 2.55. The summed E-state index contributed by atoms with van der Waals surface area (Å²) in [4.78, 5) is 62.4. The number of hydrogen-bond donors (Lipinski definition) is 3. The van der Waals surface area contributed by atoms with Crippen molar-refractivity contribution in [2.45, 2.75) is 113 Å². The van der Waals surface area contributed by atoms with E-state index in [1.54, 1.807) is 25.1 Å². The minimum absolute atomic E-state index is 0.0250. The van der Waals surface area contributed by atoms with E-state index < -0.39 is 94.7 Å². The first-order chi connectivity index (χ1) is 34.0. The average molecular weight is 976 g/mol. The second kappa shape index (κ2) is 19.0. The van der Waals surface area contributed by atoms with Crippen LogP contribution in [0.5, 0.6) is 17.2 Å². The van der Waals surface area contributed by atoms with E-state index >= 15 is 0 Å². The Labute approximate surface area is 412 Å². The largest absolute Gasteiger partial charge is 0.507 e. The van der Waals surface area contributed by atoms with Crippen molar-refractivity contribution in [2.24, 2.45) is 0 Å². The van der Waals surface area contributed by atoms with Crippen LogP contribution in [-0.2, 0) is 45.2 Å². The molecule has 0 radical (unpaired) electrons. The molecule has 0 saturated carbocycles. The van der Waals surface area contributed by atoms with Gasteiger partial charge >= 0.3 is 6.09 Å². The van der Waals surface area contributed by atoms with Gasteiger partial charge in [0.25, 0.3) is 0 Å². The van der Waals surface area contributed by atoms with Crippen molar-refractivity contribution in [1.82, 2.24) is 14.7 Å². The van der Waals surface area contributed by atoms with Gasteiger partial charge < -0.3 is 53.4 Å². The average Bonchev–Trinajstić information content (AvgIpc) is 3.76. The maximum atomic E-state index is 14.7. The molecule has 6 aliphatic rings. The lowest BCUT2D eigenvalue weighted by Crippen LogP contribution is -2.55. The van der Waals surface area contributed by atoms with Gasteiger partial charge in [-0.25, -0.2) is 4.79 Å². The Morgan fingerprint density at radius 1 is 0.873 bits per heavy atom. The standard InChI is InChI=1S/C54H61N3O14/c1-29-49-36(57-23-24-67-51(66-6)50(57)70-49)25-40(68-29)69-38-27-54(64,26-35-42(38)48(62)44-43(46(35)60)45(59)34-13-10-14-37(65-5)41(34)47(44)61)39(58)28-55(4)33-19-21-56(22-20-33)52(63)71-53(2,3)32-17-15-31(16-18-32)30-11-8-7-9-12-30/h7-18,29,33,36,38,40,49-51,60,62,64H,19-28H2,1-6H3/t29-,36-,38-,40-,49+,50+,51-,54-/m0/s1. The SMILES string of the molecule is COc1cccc2c1C(=O)c1c(O)c3c(c(O)c1C2=O)C[C@@](O)(C(=O)CN(C)C1CCN(C(=O)OC(C)(C)c2ccc(-c4ccccc4)cc2)CC1)C[C@@H]3O[C@H]1C[C@H]2[C@H](O[C@@H]3[C@@H](OC)OCCN32)[C@H](C)O1. The minimum Gasteiger partial charge on any atom is -0.507 e. The molecule has 4 aromatic rings. The number of rotatable bonds is 11. The molecule has 4 aliphatic heterocycles. The van der Waals surface area contributed by atoms with Gasteiger partial charge in [-0.3, -0.25) is 24.2 Å². The third-order valence-electron chi connectivity index (χ3n) is 15.5. The van der Waals surface area contributed by atoms with Crippen LogP contribution in [0.4, 0.5) is 4.79 Å². The summed E-state index contributed by atoms with van der Waals surface area (Å²) in [6.45, 7) is 7.10. The molecular weight excluding hydrogens is 915 g/mol. The highest BCUT2D eigenvalue weighted by atomic mass is 16.7. The fraction of sp³-hybridized carbons (Fsp3) is 0.481. The summed E-state index contributed by atoms with van der Waals surface area (Å²) in [7, 11) is 4.70. The third-order valence-corrected chi connectivity index (χ3v) is 15.5. The molecule has 4 fully saturated rings. The number of benzene rings is 4. The Hall–Kier alpha value is -5.76. The zero-order chi connectivity index (χ0) is 50.1. The Bertz CT molecular complexity index is 2720. The molecule has 4 heterocycles. The summed E-state index contributed by atoms with van der Waals surface area (Å²) in [6, 6.07) is 22.2. The number of methoxy groups -OCH3 is 2. The molecule has 4 saturated heterocycles. The Morgan fingerprint density at radius 3 is 2.28 bits per heavy atom. The number of aromatic hydroxyl groups is 2. The van der Waals surface area contributed by atoms with E-state index in [9.17, 15) is 34.5 Å². The summed E-state index contributed by atoms with van der Waals surface area (Å²) in [5, 5.41) is 37.0. The number of Topliss-reactive ketones (excluding diaryl/α,β-unsaturated/α-hetero) is 1. The number of amides is 1. The predicted molar refractivity (Wildman–Crippen MR) is 255 cm³/mol. The molecule has 71 heavy (non-hydrogen) atoms. The number of carbonyl (C=O) groups excluding carboxylic acids is 4. The van der Waals surface area contributed by atoms with Gasteiger partial charge in [-0.05, 0) is 63.4 Å². The van der Waals surface area contributed by atoms with Crippen molar-refractivity contribution in [3.63, 3.8) is 0 Å². The number of piperidine rings is 1. The minimum atomic E-state index is -2.18. The number of likely N-dealkylation sites (tertiary alicyclic amines) is 1. The summed E-state index contributed by atoms with van der Waals surface area (Å²) in [5.74, 6) is -3.18. The summed E-state index contributed by atoms with van der Waals surface area (Å²) in [5.41, 5.74) is -1.14. The van der Waals surface area contributed by atoms with Crippen LogP contribution in [0.2, 0.25) is 0 Å². The van der Waals surface area contributed by atoms with Crippen molar-refractivity contribution in [1.29, 1.82) is 0 Å². The molecule has 1 amide bonds. The van der Waals surface area contributed by atoms with Crippen LogP contribution in [0.3, 0.4) is 0 Å². The van der Waals surface area contributed by atoms with E-state index in [1.807, 2.05) is 80.3 Å². The number of likely N-dealkylation sites (N-methyl/N-ethyl adjacent to an activating group) is 1. The number of nitrogens with zero attached hydrogens (tertiary/aromatic N) is 3. The predicted octanol–water partition coefficient (Wildman–Crippen LogP) is 5.85. The monoisotopic (exact) mass is 975 g/mol. The van der Waals surface area contributed by atoms with E-state index in [0.29, 0.717) is 39.1 Å². The first kappa shape index (κ1) is 48.8. The molecule has 4 aromatic carbocycles. The van der Waals surface area contributed by atoms with Gasteiger partial charge in [-0.1, -0.05) is 66.7 Å². The molecule has 8 atom stereocenters. The first-order valence-corrected chi connectivity index (χ1v) is 24.3. The quantitative estimate of drug-likeness (QED) is 0.133. The molecule has 17 heteroatoms. The van der Waals surface area contributed by atoms with Gasteiger partial charge in [0.05, 0.1) is 49.2 Å². The van der Waals surface area contributed by atoms with Gasteiger partial charge in [0, 0.05) is 74.8 Å². The lowest BCUT2D eigenvalue weighted by molar-refractivity contribution is -0.256. The first-order valence-electron chi connectivity index (χ1n) is 24.3. The number of carbonyl (C=O) groups is 4. The lowest BCUT2D eigenvalue weighted by Gasteiger charge is -2.44. The van der Waals surface area contributed by atoms with Crippen LogP contribution in [0, 0.1) is 0 Å². The van der Waals surface area contributed by atoms with Gasteiger partial charge in [0.15, 0.2) is 30.4 Å². The van der Waals surface area contributed by atoms with E-state index in [2.05, 4.69) is 4.90 Å². The Morgan fingerprint density at radius 2 is 1.58 bits per heavy atom. The number of hydrogen-bond acceptors (Lipinski definition) is 16. The van der Waals surface area contributed by atoms with Crippen molar-refractivity contribution in [2.75, 3.05) is 54.1 Å². The van der Waals surface area contributed by atoms with Crippen molar-refractivity contribution >= 4 is 23.4 Å². The lowest BCUT2D eigenvalue weighted by atomic mass is 9.71. The summed E-state index contributed by atoms with van der Waals surface area (Å²) >= 11 is 0. The molecule has 376 valence electrons. The second-order valence-corrected chi connectivity index (χ2v) is 20.1. The van der Waals surface area contributed by atoms with Crippen LogP contribution in [0.1, 0.15) is 101 Å². The van der Waals surface area contributed by atoms with Gasteiger partial charge in [-0.2, -0.15) is 0 Å². The highest BCUT2D eigenvalue weighted by Crippen LogP contribution is 2.53. The van der Waals surface area contributed by atoms with Gasteiger partial charge in [0.2, 0.25) is 5.78 Å². The van der Waals surface area contributed by atoms with Gasteiger partial charge in [0.1, 0.15) is 34.6 Å². The number of phenols is 2. The maximum Gasteiger partial charge on any atom is 0.410 e. The summed E-state index contributed by atoms with van der Waals surface area (Å²) in [6.07, 6.45) is -4.18. The van der Waals surface area contributed by atoms with E-state index in [0.717, 1.165) is 16.7 Å². The normalized spacial score (nSPS) is 27.6. The molecule has 3 N–H and O–H groups in total. The smallest absolute Gasteiger partial charge is 0.410 e. The third kappa shape index (κ3) is 8.69. The molecule has 0 unspecified atom stereocenters. The highest BCUT2D eigenvalue weighted by molar-refractivity contribution is 6.31. The number of aliphatic hydroxyl groups is 1. The van der Waals surface area contributed by atoms with E-state index in [4.69, 9.17) is 33.2 Å². The zero-order valence-corrected chi connectivity index (χ0v) is 40.8. The maximum absolute atomic E-state index is 14.7. The number of phenolic OH excluding ortho intramolecular Hbond substituents is 2. The Kier molecular flexibility index (Phi) is 13.1. The number of morpholine rings is 1. The van der Waals surface area contributed by atoms with Crippen molar-refractivity contribution in [3.8, 4) is 28.4 Å². The van der Waals surface area contributed by atoms with Crippen LogP contribution in [0.15, 0.2) is 72.8 Å². The number of fused-ring (bicyclic) bond motifs is 6. The van der Waals surface area contributed by atoms with E-state index in [-0.39, 0.29) is 65.6 Å². The van der Waals surface area contributed by atoms with Crippen LogP contribution < -0.4 is 4.74 Å². The number of ether oxygens (including phenoxy) is 7. The molecule has 10 rings (SSSR count). The molecule has 0 aromatic heterocycles. The zero-order valence-electron chi connectivity index (χ0n) is 40.8. The topological polar surface area (TPSA) is 203 Å². The molecule has 0 spiro atoms. The molecule has 0 bridgehead atoms. The second-order valence-electron chi connectivity index (χ2n) is 20.1. The van der Waals surface area contributed by atoms with Crippen molar-refractivity contribution in [3.05, 3.63) is 112 Å². The molecule has 17 nitrogen and oxygen atoms in total. The number of ketones is 3. The van der Waals surface area contributed by atoms with E-state index in [1.165, 1.54) is 19.2 Å². The van der Waals surface area contributed by atoms with Crippen LogP contribution >= 0.6 is 0 Å².